The summed E-state index contributed by atoms with van der Waals surface area (Å²) in [5, 5.41) is 2.95. The highest BCUT2D eigenvalue weighted by Crippen LogP contribution is 2.47. The first-order valence-corrected chi connectivity index (χ1v) is 29.3. The molecule has 0 bridgehead atoms. The van der Waals surface area contributed by atoms with E-state index in [0.717, 1.165) is 142 Å². The van der Waals surface area contributed by atoms with Crippen LogP contribution in [0.25, 0.3) is 32.7 Å². The largest absolute Gasteiger partial charge is 0.496 e. The molecule has 0 aliphatic heterocycles. The smallest absolute Gasteiger partial charge is 0.230 e. The number of ether oxygens (including phenoxy) is 3. The Labute approximate surface area is 464 Å². The van der Waals surface area contributed by atoms with Gasteiger partial charge in [-0.15, -0.1) is 0 Å². The molecule has 0 N–H and O–H groups in total. The molecule has 78 heavy (non-hydrogen) atoms. The number of fused-ring (bicyclic) bond motifs is 9. The third kappa shape index (κ3) is 12.3. The Morgan fingerprint density at radius 1 is 0.487 bits per heavy atom. The lowest BCUT2D eigenvalue weighted by atomic mass is 9.84. The maximum absolute atomic E-state index is 13.2. The van der Waals surface area contributed by atoms with E-state index in [-0.39, 0.29) is 47.6 Å². The first-order valence-electron chi connectivity index (χ1n) is 28.2. The van der Waals surface area contributed by atoms with Crippen molar-refractivity contribution < 1.29 is 45.7 Å². The lowest BCUT2D eigenvalue weighted by molar-refractivity contribution is -0.133. The maximum atomic E-state index is 13.2. The van der Waals surface area contributed by atoms with Crippen LogP contribution in [0.1, 0.15) is 132 Å². The normalized spacial score (nSPS) is 16.3. The van der Waals surface area contributed by atoms with E-state index < -0.39 is 20.0 Å². The van der Waals surface area contributed by atoms with Crippen LogP contribution in [-0.4, -0.2) is 133 Å². The monoisotopic (exact) mass is 1100 g/mol. The highest BCUT2D eigenvalue weighted by atomic mass is 32.2. The topological polar surface area (TPSA) is 103 Å². The number of rotatable bonds is 18. The third-order valence-corrected chi connectivity index (χ3v) is 16.1. The standard InChI is InChI=1S/3C20H27FN2O2.CH3FS/c3*1-4-22(5-2)20(24)14-8-6-9-15-18(14)19-16(23(15)13-12-21)10-7-11-17(19)25-3;1-3-2/h3*7,10-11,14H,4-6,8-9,12-13H2,1-3H3;1H3/t14-;;;/m0.../s1. The minimum Gasteiger partial charge on any atom is -0.496 e. The maximum Gasteiger partial charge on any atom is 0.230 e. The van der Waals surface area contributed by atoms with Crippen LogP contribution in [0.2, 0.25) is 0 Å². The molecule has 3 heterocycles. The average molecular weight is 1110 g/mol. The van der Waals surface area contributed by atoms with Crippen molar-refractivity contribution >= 4 is 62.6 Å². The average Bonchev–Trinajstić information content (AvgIpc) is 4.10. The number of alkyl halides is 3. The second-order valence-corrected chi connectivity index (χ2v) is 20.0. The first kappa shape index (κ1) is 61.4. The van der Waals surface area contributed by atoms with Gasteiger partial charge in [0, 0.05) is 90.9 Å². The van der Waals surface area contributed by atoms with E-state index in [9.17, 15) is 31.4 Å². The molecule has 0 spiro atoms. The summed E-state index contributed by atoms with van der Waals surface area (Å²) in [6.45, 7) is 16.1. The molecular weight excluding hydrogens is 1020 g/mol. The minimum absolute atomic E-state index is 0.164. The van der Waals surface area contributed by atoms with Crippen molar-refractivity contribution in [3.63, 3.8) is 0 Å². The predicted molar refractivity (Wildman–Crippen MR) is 309 cm³/mol. The Morgan fingerprint density at radius 3 is 0.936 bits per heavy atom. The number of aryl methyl sites for hydroxylation is 3. The van der Waals surface area contributed by atoms with Crippen LogP contribution in [0.5, 0.6) is 17.2 Å². The lowest BCUT2D eigenvalue weighted by Crippen LogP contribution is -2.36. The SMILES string of the molecule is CCN(CC)C(=O)C1CCCc2c1c1c(OC)cccc1n2CCF.CCN(CC)C(=O)C1CCCc2c1c1c(OC)cccc1n2CCF.CCN(CC)C(=O)[C@H]1CCCc2c1c1c(OC)cccc1n2CCF.CSF. The number of aromatic nitrogens is 3. The molecule has 0 fully saturated rings. The molecular formula is C61H84F4N6O6S. The van der Waals surface area contributed by atoms with Gasteiger partial charge in [-0.3, -0.25) is 14.4 Å². The molecule has 3 aliphatic carbocycles. The summed E-state index contributed by atoms with van der Waals surface area (Å²) in [5.74, 6) is 2.35. The number of benzene rings is 3. The Morgan fingerprint density at radius 2 is 0.731 bits per heavy atom. The van der Waals surface area contributed by atoms with Gasteiger partial charge >= 0.3 is 0 Å². The zero-order valence-corrected chi connectivity index (χ0v) is 48.6. The van der Waals surface area contributed by atoms with Crippen molar-refractivity contribution in [1.82, 2.24) is 28.4 Å². The molecule has 3 aliphatic rings. The Hall–Kier alpha value is -5.84. The summed E-state index contributed by atoms with van der Waals surface area (Å²) in [5.41, 5.74) is 9.41. The van der Waals surface area contributed by atoms with Gasteiger partial charge in [0.1, 0.15) is 37.3 Å². The molecule has 0 saturated carbocycles. The van der Waals surface area contributed by atoms with Crippen LogP contribution in [0.15, 0.2) is 54.6 Å². The highest BCUT2D eigenvalue weighted by molar-refractivity contribution is 7.93. The minimum atomic E-state index is -0.415. The van der Waals surface area contributed by atoms with Gasteiger partial charge in [0.2, 0.25) is 17.7 Å². The number of halogens is 4. The highest BCUT2D eigenvalue weighted by Gasteiger charge is 2.38. The second-order valence-electron chi connectivity index (χ2n) is 19.7. The van der Waals surface area contributed by atoms with Crippen LogP contribution < -0.4 is 14.2 Å². The lowest BCUT2D eigenvalue weighted by Gasteiger charge is -2.29. The number of likely N-dealkylation sites (N-methyl/N-ethyl adjacent to an activating group) is 3. The van der Waals surface area contributed by atoms with Gasteiger partial charge in [0.15, 0.2) is 0 Å². The summed E-state index contributed by atoms with van der Waals surface area (Å²) in [7, 11) is 4.95. The van der Waals surface area contributed by atoms with E-state index in [0.29, 0.717) is 58.9 Å². The molecule has 3 aromatic carbocycles. The Balaban J connectivity index is 0.000000184. The molecule has 12 nitrogen and oxygen atoms in total. The van der Waals surface area contributed by atoms with Crippen LogP contribution in [-0.2, 0) is 53.3 Å². The number of carbonyl (C=O) groups excluding carboxylic acids is 3. The van der Waals surface area contributed by atoms with Gasteiger partial charge in [-0.1, -0.05) is 18.2 Å². The van der Waals surface area contributed by atoms with E-state index in [2.05, 4.69) is 13.7 Å². The summed E-state index contributed by atoms with van der Waals surface area (Å²) in [6, 6.07) is 17.6. The van der Waals surface area contributed by atoms with Crippen molar-refractivity contribution in [2.24, 2.45) is 0 Å². The van der Waals surface area contributed by atoms with Crippen molar-refractivity contribution in [2.45, 2.75) is 137 Å². The first-order chi connectivity index (χ1) is 37.9. The van der Waals surface area contributed by atoms with E-state index in [1.807, 2.05) is 111 Å². The zero-order chi connectivity index (χ0) is 56.6. The molecule has 3 amide bonds. The Kier molecular flexibility index (Phi) is 23.1. The number of methoxy groups -OCH3 is 3. The zero-order valence-electron chi connectivity index (χ0n) is 47.8. The number of hydrogen-bond acceptors (Lipinski definition) is 7. The number of amides is 3. The third-order valence-electron chi connectivity index (χ3n) is 16.1. The van der Waals surface area contributed by atoms with Gasteiger partial charge in [-0.2, -0.15) is 3.89 Å². The van der Waals surface area contributed by atoms with Crippen LogP contribution in [0, 0.1) is 0 Å². The molecule has 0 radical (unpaired) electrons. The molecule has 17 heteroatoms. The van der Waals surface area contributed by atoms with Crippen molar-refractivity contribution in [2.75, 3.05) is 86.9 Å². The summed E-state index contributed by atoms with van der Waals surface area (Å²) < 4.78 is 72.8. The summed E-state index contributed by atoms with van der Waals surface area (Å²) in [4.78, 5) is 45.1. The molecule has 3 atom stereocenters. The number of carbonyl (C=O) groups is 3. The van der Waals surface area contributed by atoms with Crippen LogP contribution in [0.4, 0.5) is 17.1 Å². The van der Waals surface area contributed by atoms with E-state index in [4.69, 9.17) is 14.2 Å². The fourth-order valence-electron chi connectivity index (χ4n) is 12.7. The van der Waals surface area contributed by atoms with Crippen molar-refractivity contribution in [1.29, 1.82) is 0 Å². The van der Waals surface area contributed by atoms with Gasteiger partial charge in [0.25, 0.3) is 0 Å². The van der Waals surface area contributed by atoms with Gasteiger partial charge in [-0.05, 0) is 152 Å². The molecule has 3 aromatic heterocycles. The van der Waals surface area contributed by atoms with Crippen LogP contribution >= 0.6 is 12.1 Å². The quantitative estimate of drug-likeness (QED) is 0.0790. The predicted octanol–water partition coefficient (Wildman–Crippen LogP) is 13.0. The summed E-state index contributed by atoms with van der Waals surface area (Å²) in [6.07, 6.45) is 9.42. The molecule has 6 aromatic rings. The van der Waals surface area contributed by atoms with Crippen LogP contribution in [0.3, 0.4) is 0 Å². The molecule has 0 saturated heterocycles. The second kappa shape index (κ2) is 29.4. The van der Waals surface area contributed by atoms with Gasteiger partial charge in [0.05, 0.1) is 75.3 Å². The Bertz CT molecular complexity index is 2630. The van der Waals surface area contributed by atoms with E-state index >= 15 is 0 Å². The van der Waals surface area contributed by atoms with E-state index in [1.165, 1.54) is 6.26 Å². The fraction of sp³-hybridized carbons (Fsp3) is 0.557. The van der Waals surface area contributed by atoms with Gasteiger partial charge < -0.3 is 42.6 Å². The number of hydrogen-bond donors (Lipinski definition) is 0. The molecule has 428 valence electrons. The number of nitrogens with zero attached hydrogens (tertiary/aromatic N) is 6. The van der Waals surface area contributed by atoms with Crippen molar-refractivity contribution in [3.05, 3.63) is 88.4 Å². The summed E-state index contributed by atoms with van der Waals surface area (Å²) >= 11 is 0.250. The fourth-order valence-corrected chi connectivity index (χ4v) is 12.7. The molecule has 2 unspecified atom stereocenters. The van der Waals surface area contributed by atoms with Gasteiger partial charge in [-0.25, -0.2) is 13.2 Å². The van der Waals surface area contributed by atoms with E-state index in [1.54, 1.807) is 21.3 Å². The van der Waals surface area contributed by atoms with Crippen molar-refractivity contribution in [3.8, 4) is 17.2 Å². The molecule has 9 rings (SSSR count).